The van der Waals surface area contributed by atoms with Crippen LogP contribution in [0.25, 0.3) is 0 Å². The van der Waals surface area contributed by atoms with Gasteiger partial charge in [0.05, 0.1) is 0 Å². The monoisotopic (exact) mass is 261 g/mol. The van der Waals surface area contributed by atoms with Crippen molar-refractivity contribution in [3.63, 3.8) is 0 Å². The van der Waals surface area contributed by atoms with Gasteiger partial charge in [0.2, 0.25) is 5.91 Å². The van der Waals surface area contributed by atoms with Crippen molar-refractivity contribution in [3.8, 4) is 0 Å². The second-order valence-corrected chi connectivity index (χ2v) is 5.19. The van der Waals surface area contributed by atoms with Crippen LogP contribution in [0.5, 0.6) is 0 Å². The number of anilines is 1. The molecule has 1 aliphatic heterocycles. The lowest BCUT2D eigenvalue weighted by molar-refractivity contribution is -0.128. The Bertz CT molecular complexity index is 416. The van der Waals surface area contributed by atoms with Crippen LogP contribution in [0.1, 0.15) is 18.9 Å². The molecule has 1 saturated heterocycles. The van der Waals surface area contributed by atoms with E-state index in [2.05, 4.69) is 17.0 Å². The zero-order valence-electron chi connectivity index (χ0n) is 11.6. The molecular weight excluding hydrogens is 238 g/mol. The van der Waals surface area contributed by atoms with E-state index in [1.807, 2.05) is 17.0 Å². The molecule has 0 atom stereocenters. The molecule has 1 aromatic rings. The fraction of sp³-hybridized carbons (Fsp3) is 0.533. The minimum Gasteiger partial charge on any atom is -0.399 e. The lowest BCUT2D eigenvalue weighted by atomic mass is 10.1. The van der Waals surface area contributed by atoms with Gasteiger partial charge in [0, 0.05) is 38.8 Å². The molecule has 4 heteroatoms. The Labute approximate surface area is 115 Å². The zero-order valence-corrected chi connectivity index (χ0v) is 11.6. The molecule has 0 saturated carbocycles. The molecule has 1 aliphatic rings. The second kappa shape index (κ2) is 6.57. The summed E-state index contributed by atoms with van der Waals surface area (Å²) in [5.74, 6) is 0.195. The van der Waals surface area contributed by atoms with E-state index in [-0.39, 0.29) is 5.91 Å². The molecule has 104 valence electrons. The molecular formula is C15H23N3O. The zero-order chi connectivity index (χ0) is 13.7. The minimum absolute atomic E-state index is 0.195. The predicted octanol–water partition coefficient (Wildman–Crippen LogP) is 1.37. The van der Waals surface area contributed by atoms with Crippen LogP contribution in [0.4, 0.5) is 5.69 Å². The van der Waals surface area contributed by atoms with Crippen LogP contribution in [0.3, 0.4) is 0 Å². The Kier molecular flexibility index (Phi) is 4.80. The quantitative estimate of drug-likeness (QED) is 0.836. The lowest BCUT2D eigenvalue weighted by Gasteiger charge is -2.21. The van der Waals surface area contributed by atoms with Gasteiger partial charge >= 0.3 is 0 Å². The van der Waals surface area contributed by atoms with Crippen molar-refractivity contribution in [2.24, 2.45) is 0 Å². The van der Waals surface area contributed by atoms with Gasteiger partial charge in [-0.1, -0.05) is 12.1 Å². The molecule has 1 heterocycles. The summed E-state index contributed by atoms with van der Waals surface area (Å²) in [7, 11) is 0. The second-order valence-electron chi connectivity index (χ2n) is 5.19. The normalized spacial score (nSPS) is 17.2. The molecule has 0 bridgehead atoms. The van der Waals surface area contributed by atoms with Crippen LogP contribution in [0.15, 0.2) is 24.3 Å². The Balaban J connectivity index is 1.80. The third kappa shape index (κ3) is 4.24. The summed E-state index contributed by atoms with van der Waals surface area (Å²) in [5.41, 5.74) is 7.82. The van der Waals surface area contributed by atoms with E-state index < -0.39 is 0 Å². The third-order valence-corrected chi connectivity index (χ3v) is 3.73. The first-order valence-electron chi connectivity index (χ1n) is 6.97. The Hall–Kier alpha value is -1.55. The Morgan fingerprint density at radius 1 is 1.16 bits per heavy atom. The van der Waals surface area contributed by atoms with Gasteiger partial charge in [-0.3, -0.25) is 4.79 Å². The number of hydrogen-bond donors (Lipinski definition) is 1. The summed E-state index contributed by atoms with van der Waals surface area (Å²) in [6.07, 6.45) is 2.11. The van der Waals surface area contributed by atoms with Gasteiger partial charge in [-0.05, 0) is 37.1 Å². The molecule has 0 aromatic heterocycles. The number of benzene rings is 1. The van der Waals surface area contributed by atoms with E-state index in [0.29, 0.717) is 0 Å². The molecule has 0 spiro atoms. The first-order chi connectivity index (χ1) is 9.15. The highest BCUT2D eigenvalue weighted by Gasteiger charge is 2.15. The summed E-state index contributed by atoms with van der Waals surface area (Å²) in [6, 6.07) is 8.09. The van der Waals surface area contributed by atoms with Gasteiger partial charge in [-0.2, -0.15) is 0 Å². The minimum atomic E-state index is 0.195. The number of carbonyl (C=O) groups excluding carboxylic acids is 1. The van der Waals surface area contributed by atoms with Crippen LogP contribution >= 0.6 is 0 Å². The number of nitrogens with two attached hydrogens (primary N) is 1. The molecule has 1 amide bonds. The van der Waals surface area contributed by atoms with Crippen molar-refractivity contribution in [2.75, 3.05) is 38.5 Å². The van der Waals surface area contributed by atoms with Gasteiger partial charge in [0.15, 0.2) is 0 Å². The van der Waals surface area contributed by atoms with E-state index in [4.69, 9.17) is 5.73 Å². The van der Waals surface area contributed by atoms with Crippen molar-refractivity contribution in [1.82, 2.24) is 9.80 Å². The third-order valence-electron chi connectivity index (χ3n) is 3.73. The summed E-state index contributed by atoms with van der Waals surface area (Å²) >= 11 is 0. The van der Waals surface area contributed by atoms with Crippen LogP contribution in [-0.2, 0) is 11.2 Å². The van der Waals surface area contributed by atoms with Crippen molar-refractivity contribution in [1.29, 1.82) is 0 Å². The number of rotatable bonds is 3. The van der Waals surface area contributed by atoms with Crippen LogP contribution in [-0.4, -0.2) is 48.4 Å². The Morgan fingerprint density at radius 3 is 2.58 bits per heavy atom. The topological polar surface area (TPSA) is 49.6 Å². The van der Waals surface area contributed by atoms with Gasteiger partial charge in [0.25, 0.3) is 0 Å². The molecule has 4 nitrogen and oxygen atoms in total. The number of carbonyl (C=O) groups is 1. The summed E-state index contributed by atoms with van der Waals surface area (Å²) in [5, 5.41) is 0. The van der Waals surface area contributed by atoms with E-state index in [9.17, 15) is 4.79 Å². The molecule has 1 fully saturated rings. The average Bonchev–Trinajstić information content (AvgIpc) is 2.63. The number of nitrogens with zero attached hydrogens (tertiary/aromatic N) is 2. The Morgan fingerprint density at radius 2 is 1.89 bits per heavy atom. The van der Waals surface area contributed by atoms with Crippen LogP contribution < -0.4 is 5.73 Å². The lowest BCUT2D eigenvalue weighted by Crippen LogP contribution is -2.34. The highest BCUT2D eigenvalue weighted by atomic mass is 16.2. The summed E-state index contributed by atoms with van der Waals surface area (Å²) in [6.45, 7) is 6.53. The maximum atomic E-state index is 11.4. The largest absolute Gasteiger partial charge is 0.399 e. The number of nitrogen functional groups attached to an aromatic ring is 1. The molecule has 2 N–H and O–H groups in total. The number of hydrogen-bond acceptors (Lipinski definition) is 3. The van der Waals surface area contributed by atoms with Gasteiger partial charge in [0.1, 0.15) is 0 Å². The molecule has 19 heavy (non-hydrogen) atoms. The van der Waals surface area contributed by atoms with Crippen LogP contribution in [0, 0.1) is 0 Å². The number of amides is 1. The van der Waals surface area contributed by atoms with Crippen molar-refractivity contribution in [2.45, 2.75) is 19.8 Å². The van der Waals surface area contributed by atoms with E-state index in [1.54, 1.807) is 6.92 Å². The summed E-state index contributed by atoms with van der Waals surface area (Å²) in [4.78, 5) is 15.8. The highest BCUT2D eigenvalue weighted by Crippen LogP contribution is 2.08. The predicted molar refractivity (Wildman–Crippen MR) is 77.9 cm³/mol. The first-order valence-corrected chi connectivity index (χ1v) is 6.97. The van der Waals surface area contributed by atoms with Crippen molar-refractivity contribution in [3.05, 3.63) is 29.8 Å². The highest BCUT2D eigenvalue weighted by molar-refractivity contribution is 5.73. The van der Waals surface area contributed by atoms with Crippen molar-refractivity contribution < 1.29 is 4.79 Å². The van der Waals surface area contributed by atoms with E-state index in [0.717, 1.165) is 51.3 Å². The van der Waals surface area contributed by atoms with Crippen molar-refractivity contribution >= 4 is 11.6 Å². The van der Waals surface area contributed by atoms with E-state index in [1.165, 1.54) is 5.56 Å². The average molecular weight is 261 g/mol. The maximum Gasteiger partial charge on any atom is 0.219 e. The SMILES string of the molecule is CC(=O)N1CCCN(CCc2ccc(N)cc2)CC1. The summed E-state index contributed by atoms with van der Waals surface area (Å²) < 4.78 is 0. The maximum absolute atomic E-state index is 11.4. The van der Waals surface area contributed by atoms with E-state index >= 15 is 0 Å². The molecule has 0 radical (unpaired) electrons. The van der Waals surface area contributed by atoms with Crippen LogP contribution in [0.2, 0.25) is 0 Å². The molecule has 0 aliphatic carbocycles. The fourth-order valence-electron chi connectivity index (χ4n) is 2.48. The standard InChI is InChI=1S/C15H23N3O/c1-13(19)18-9-2-8-17(11-12-18)10-7-14-3-5-15(16)6-4-14/h3-6H,2,7-12,16H2,1H3. The smallest absolute Gasteiger partial charge is 0.219 e. The van der Waals surface area contributed by atoms with Gasteiger partial charge in [-0.15, -0.1) is 0 Å². The molecule has 0 unspecified atom stereocenters. The fourth-order valence-corrected chi connectivity index (χ4v) is 2.48. The van der Waals surface area contributed by atoms with Gasteiger partial charge < -0.3 is 15.5 Å². The first kappa shape index (κ1) is 13.9. The molecule has 1 aromatic carbocycles. The molecule has 2 rings (SSSR count). The van der Waals surface area contributed by atoms with Gasteiger partial charge in [-0.25, -0.2) is 0 Å².